The molecule has 0 amide bonds. The van der Waals surface area contributed by atoms with Gasteiger partial charge in [0.25, 0.3) is 0 Å². The van der Waals surface area contributed by atoms with Crippen LogP contribution in [0.5, 0.6) is 0 Å². The summed E-state index contributed by atoms with van der Waals surface area (Å²) in [6.07, 6.45) is 0.964. The number of benzene rings is 6. The van der Waals surface area contributed by atoms with Crippen LogP contribution in [0.1, 0.15) is 11.1 Å². The highest BCUT2D eigenvalue weighted by atomic mass is 14.3. The third-order valence-corrected chi connectivity index (χ3v) is 7.31. The predicted molar refractivity (Wildman–Crippen MR) is 148 cm³/mol. The fourth-order valence-electron chi connectivity index (χ4n) is 5.69. The Balaban J connectivity index is 1.53. The lowest BCUT2D eigenvalue weighted by Gasteiger charge is -2.17. The highest BCUT2D eigenvalue weighted by Crippen LogP contribution is 2.48. The number of hydrogen-bond donors (Lipinski definition) is 0. The summed E-state index contributed by atoms with van der Waals surface area (Å²) in [4.78, 5) is 0. The third kappa shape index (κ3) is 3.30. The van der Waals surface area contributed by atoms with Crippen molar-refractivity contribution in [1.29, 1.82) is 0 Å². The molecular weight excluding hydrogens is 420 g/mol. The second-order valence-corrected chi connectivity index (χ2v) is 9.33. The van der Waals surface area contributed by atoms with Crippen molar-refractivity contribution < 1.29 is 0 Å². The van der Waals surface area contributed by atoms with E-state index in [1.165, 1.54) is 66.4 Å². The molecule has 0 heterocycles. The molecular formula is C35H24. The van der Waals surface area contributed by atoms with Crippen LogP contribution in [-0.2, 0) is 6.42 Å². The Morgan fingerprint density at radius 2 is 1.06 bits per heavy atom. The SMILES string of the molecule is c1ccc(-c2cc(-c3ccc(-c4ccccc4)c4c3Cc3ccccc3-4)c3ccccc3c2)cc1. The van der Waals surface area contributed by atoms with E-state index in [-0.39, 0.29) is 0 Å². The van der Waals surface area contributed by atoms with Gasteiger partial charge in [0.2, 0.25) is 0 Å². The molecule has 0 unspecified atom stereocenters. The van der Waals surface area contributed by atoms with E-state index in [9.17, 15) is 0 Å². The van der Waals surface area contributed by atoms with Gasteiger partial charge in [-0.2, -0.15) is 0 Å². The lowest BCUT2D eigenvalue weighted by atomic mass is 9.86. The Hall–Kier alpha value is -4.42. The molecule has 0 saturated heterocycles. The largest absolute Gasteiger partial charge is 0.0622 e. The molecule has 35 heavy (non-hydrogen) atoms. The van der Waals surface area contributed by atoms with E-state index >= 15 is 0 Å². The van der Waals surface area contributed by atoms with Crippen LogP contribution in [-0.4, -0.2) is 0 Å². The van der Waals surface area contributed by atoms with Gasteiger partial charge in [-0.1, -0.05) is 121 Å². The fourth-order valence-corrected chi connectivity index (χ4v) is 5.69. The Morgan fingerprint density at radius 1 is 0.400 bits per heavy atom. The van der Waals surface area contributed by atoms with Crippen LogP contribution in [0, 0.1) is 0 Å². The average Bonchev–Trinajstić information content (AvgIpc) is 3.33. The molecule has 0 heteroatoms. The first kappa shape index (κ1) is 20.0. The van der Waals surface area contributed by atoms with E-state index in [1.807, 2.05) is 0 Å². The van der Waals surface area contributed by atoms with Crippen LogP contribution < -0.4 is 0 Å². The van der Waals surface area contributed by atoms with Gasteiger partial charge in [-0.25, -0.2) is 0 Å². The maximum Gasteiger partial charge on any atom is -0.000705 e. The van der Waals surface area contributed by atoms with Crippen molar-refractivity contribution in [2.45, 2.75) is 6.42 Å². The predicted octanol–water partition coefficient (Wildman–Crippen LogP) is 9.41. The number of rotatable bonds is 3. The van der Waals surface area contributed by atoms with Gasteiger partial charge in [-0.3, -0.25) is 0 Å². The fraction of sp³-hybridized carbons (Fsp3) is 0.0286. The van der Waals surface area contributed by atoms with Crippen LogP contribution >= 0.6 is 0 Å². The van der Waals surface area contributed by atoms with E-state index in [4.69, 9.17) is 0 Å². The Morgan fingerprint density at radius 3 is 1.89 bits per heavy atom. The lowest BCUT2D eigenvalue weighted by molar-refractivity contribution is 1.26. The Labute approximate surface area is 206 Å². The molecule has 0 saturated carbocycles. The van der Waals surface area contributed by atoms with Gasteiger partial charge in [0.1, 0.15) is 0 Å². The van der Waals surface area contributed by atoms with Gasteiger partial charge in [0.15, 0.2) is 0 Å². The van der Waals surface area contributed by atoms with E-state index in [2.05, 4.69) is 133 Å². The van der Waals surface area contributed by atoms with Crippen LogP contribution in [0.25, 0.3) is 55.3 Å². The van der Waals surface area contributed by atoms with Gasteiger partial charge < -0.3 is 0 Å². The van der Waals surface area contributed by atoms with Crippen molar-refractivity contribution in [3.05, 3.63) is 145 Å². The van der Waals surface area contributed by atoms with Crippen molar-refractivity contribution in [2.24, 2.45) is 0 Å². The molecule has 1 aliphatic rings. The molecule has 0 radical (unpaired) electrons. The molecule has 0 bridgehead atoms. The highest BCUT2D eigenvalue weighted by molar-refractivity contribution is 6.04. The molecule has 0 aliphatic heterocycles. The molecule has 1 aliphatic carbocycles. The standard InChI is InChI=1S/C35H24/c1-3-11-24(12-4-1)28-21-26-15-7-9-17-29(26)33(23-28)32-20-19-31(25-13-5-2-6-14-25)35-30-18-10-8-16-27(30)22-34(32)35/h1-21,23H,22H2. The van der Waals surface area contributed by atoms with Crippen molar-refractivity contribution in [3.63, 3.8) is 0 Å². The van der Waals surface area contributed by atoms with Gasteiger partial charge in [0, 0.05) is 0 Å². The first-order valence-electron chi connectivity index (χ1n) is 12.2. The summed E-state index contributed by atoms with van der Waals surface area (Å²) in [5.74, 6) is 0. The van der Waals surface area contributed by atoms with Crippen molar-refractivity contribution >= 4 is 10.8 Å². The molecule has 164 valence electrons. The Kier molecular flexibility index (Phi) is 4.63. The molecule has 0 nitrogen and oxygen atoms in total. The van der Waals surface area contributed by atoms with E-state index in [0.717, 1.165) is 6.42 Å². The third-order valence-electron chi connectivity index (χ3n) is 7.31. The topological polar surface area (TPSA) is 0 Å². The van der Waals surface area contributed by atoms with E-state index < -0.39 is 0 Å². The highest BCUT2D eigenvalue weighted by Gasteiger charge is 2.25. The molecule has 7 rings (SSSR count). The Bertz CT molecular complexity index is 1690. The normalized spacial score (nSPS) is 11.9. The van der Waals surface area contributed by atoms with Gasteiger partial charge >= 0.3 is 0 Å². The zero-order valence-corrected chi connectivity index (χ0v) is 19.4. The monoisotopic (exact) mass is 444 g/mol. The van der Waals surface area contributed by atoms with Gasteiger partial charge in [0.05, 0.1) is 0 Å². The molecule has 0 fully saturated rings. The van der Waals surface area contributed by atoms with Gasteiger partial charge in [-0.05, 0) is 85.0 Å². The first-order chi connectivity index (χ1) is 17.4. The summed E-state index contributed by atoms with van der Waals surface area (Å²) in [5.41, 5.74) is 13.4. The first-order valence-corrected chi connectivity index (χ1v) is 12.2. The maximum absolute atomic E-state index is 2.39. The molecule has 6 aromatic carbocycles. The molecule has 0 spiro atoms. The smallest absolute Gasteiger partial charge is 0.000705 e. The summed E-state index contributed by atoms with van der Waals surface area (Å²) in [5, 5.41) is 2.58. The van der Waals surface area contributed by atoms with Crippen molar-refractivity contribution in [3.8, 4) is 44.5 Å². The second kappa shape index (κ2) is 8.11. The second-order valence-electron chi connectivity index (χ2n) is 9.33. The van der Waals surface area contributed by atoms with E-state index in [0.29, 0.717) is 0 Å². The molecule has 0 atom stereocenters. The van der Waals surface area contributed by atoms with Crippen molar-refractivity contribution in [1.82, 2.24) is 0 Å². The number of fused-ring (bicyclic) bond motifs is 4. The zero-order chi connectivity index (χ0) is 23.2. The van der Waals surface area contributed by atoms with Crippen LogP contribution in [0.3, 0.4) is 0 Å². The zero-order valence-electron chi connectivity index (χ0n) is 19.4. The van der Waals surface area contributed by atoms with Crippen molar-refractivity contribution in [2.75, 3.05) is 0 Å². The summed E-state index contributed by atoms with van der Waals surface area (Å²) < 4.78 is 0. The minimum Gasteiger partial charge on any atom is -0.0622 e. The maximum atomic E-state index is 2.39. The van der Waals surface area contributed by atoms with E-state index in [1.54, 1.807) is 0 Å². The number of hydrogen-bond acceptors (Lipinski definition) is 0. The summed E-state index contributed by atoms with van der Waals surface area (Å²) in [7, 11) is 0. The quantitative estimate of drug-likeness (QED) is 0.255. The van der Waals surface area contributed by atoms with Gasteiger partial charge in [-0.15, -0.1) is 0 Å². The lowest BCUT2D eigenvalue weighted by Crippen LogP contribution is -1.93. The minimum atomic E-state index is 0.964. The van der Waals surface area contributed by atoms with Crippen LogP contribution in [0.2, 0.25) is 0 Å². The van der Waals surface area contributed by atoms with Crippen LogP contribution in [0.4, 0.5) is 0 Å². The molecule has 6 aromatic rings. The summed E-state index contributed by atoms with van der Waals surface area (Å²) >= 11 is 0. The average molecular weight is 445 g/mol. The minimum absolute atomic E-state index is 0.964. The van der Waals surface area contributed by atoms with Crippen LogP contribution in [0.15, 0.2) is 133 Å². The molecule has 0 aromatic heterocycles. The molecule has 0 N–H and O–H groups in total. The summed E-state index contributed by atoms with van der Waals surface area (Å²) in [6.45, 7) is 0. The summed E-state index contributed by atoms with van der Waals surface area (Å²) in [6, 6.07) is 48.6.